The fraction of sp³-hybridized carbons (Fsp3) is 0.632. The van der Waals surface area contributed by atoms with Crippen LogP contribution in [0.15, 0.2) is 11.8 Å². The van der Waals surface area contributed by atoms with Crippen LogP contribution in [0.3, 0.4) is 0 Å². The number of allylic oxidation sites excluding steroid dienone is 1. The van der Waals surface area contributed by atoms with Gasteiger partial charge in [0.2, 0.25) is 0 Å². The minimum absolute atomic E-state index is 0.0139. The molecule has 25 heavy (non-hydrogen) atoms. The Balaban J connectivity index is 0.00000109. The fourth-order valence-corrected chi connectivity index (χ4v) is 4.07. The van der Waals surface area contributed by atoms with E-state index in [2.05, 4.69) is 12.0 Å². The second kappa shape index (κ2) is 7.42. The van der Waals surface area contributed by atoms with Crippen LogP contribution >= 0.6 is 0 Å². The summed E-state index contributed by atoms with van der Waals surface area (Å²) in [5, 5.41) is 13.9. The van der Waals surface area contributed by atoms with E-state index in [9.17, 15) is 14.7 Å². The van der Waals surface area contributed by atoms with Gasteiger partial charge in [0, 0.05) is 30.0 Å². The first-order valence-electron chi connectivity index (χ1n) is 9.02. The standard InChI is InChI=1S/C17H22N2O4.C2H6/c1-4-23-16(22)14-12-6-5-11-7-13(21)10(9-20)8-17(11,2)15(12)18-19(14)3;1-2/h9,11,20H,4-8H2,1-3H3;1-2H3/b10-9-;. The predicted molar refractivity (Wildman–Crippen MR) is 94.6 cm³/mol. The third kappa shape index (κ3) is 3.10. The number of carbonyl (C=O) groups is 2. The Bertz CT molecular complexity index is 705. The van der Waals surface area contributed by atoms with Gasteiger partial charge in [-0.3, -0.25) is 9.48 Å². The number of ether oxygens (including phenoxy) is 1. The van der Waals surface area contributed by atoms with Crippen molar-refractivity contribution in [2.24, 2.45) is 13.0 Å². The van der Waals surface area contributed by atoms with E-state index < -0.39 is 0 Å². The highest BCUT2D eigenvalue weighted by atomic mass is 16.5. The maximum atomic E-state index is 12.2. The quantitative estimate of drug-likeness (QED) is 0.504. The summed E-state index contributed by atoms with van der Waals surface area (Å²) in [5.74, 6) is -0.147. The normalized spacial score (nSPS) is 26.4. The van der Waals surface area contributed by atoms with Gasteiger partial charge in [-0.05, 0) is 32.1 Å². The number of aromatic nitrogens is 2. The van der Waals surface area contributed by atoms with Crippen molar-refractivity contribution in [3.8, 4) is 0 Å². The highest BCUT2D eigenvalue weighted by Gasteiger charge is 2.49. The molecule has 1 heterocycles. The topological polar surface area (TPSA) is 81.4 Å². The Labute approximate surface area is 148 Å². The van der Waals surface area contributed by atoms with Crippen molar-refractivity contribution >= 4 is 11.8 Å². The molecule has 138 valence electrons. The van der Waals surface area contributed by atoms with E-state index in [4.69, 9.17) is 4.74 Å². The van der Waals surface area contributed by atoms with Crippen molar-refractivity contribution in [1.29, 1.82) is 0 Å². The zero-order valence-electron chi connectivity index (χ0n) is 15.8. The molecular weight excluding hydrogens is 320 g/mol. The van der Waals surface area contributed by atoms with Crippen LogP contribution in [0.4, 0.5) is 0 Å². The number of aliphatic hydroxyl groups is 1. The highest BCUT2D eigenvalue weighted by molar-refractivity contribution is 5.97. The van der Waals surface area contributed by atoms with Crippen LogP contribution in [0.25, 0.3) is 0 Å². The maximum Gasteiger partial charge on any atom is 0.356 e. The van der Waals surface area contributed by atoms with E-state index in [-0.39, 0.29) is 23.1 Å². The molecule has 2 atom stereocenters. The van der Waals surface area contributed by atoms with Gasteiger partial charge >= 0.3 is 5.97 Å². The first-order valence-corrected chi connectivity index (χ1v) is 9.02. The summed E-state index contributed by atoms with van der Waals surface area (Å²) in [6.07, 6.45) is 3.37. The zero-order valence-corrected chi connectivity index (χ0v) is 15.8. The van der Waals surface area contributed by atoms with Crippen LogP contribution in [0.5, 0.6) is 0 Å². The molecule has 0 saturated heterocycles. The Morgan fingerprint density at radius 3 is 2.76 bits per heavy atom. The molecule has 1 aromatic heterocycles. The molecule has 2 aliphatic rings. The first-order chi connectivity index (χ1) is 11.9. The van der Waals surface area contributed by atoms with Gasteiger partial charge in [0.15, 0.2) is 5.78 Å². The number of carbonyl (C=O) groups excluding carboxylic acids is 2. The van der Waals surface area contributed by atoms with Crippen LogP contribution in [0.2, 0.25) is 0 Å². The molecule has 2 unspecified atom stereocenters. The molecule has 1 aromatic rings. The third-order valence-electron chi connectivity index (χ3n) is 5.30. The van der Waals surface area contributed by atoms with E-state index >= 15 is 0 Å². The molecule has 0 amide bonds. The molecule has 0 spiro atoms. The predicted octanol–water partition coefficient (Wildman–Crippen LogP) is 3.25. The van der Waals surface area contributed by atoms with E-state index in [0.29, 0.717) is 30.7 Å². The Morgan fingerprint density at radius 1 is 1.48 bits per heavy atom. The number of esters is 1. The Kier molecular flexibility index (Phi) is 5.70. The minimum Gasteiger partial charge on any atom is -0.515 e. The SMILES string of the molecule is CC.CCOC(=O)c1c2c(nn1C)C1(C)C/C(=C/O)C(=O)CC1CC2. The fourth-order valence-electron chi connectivity index (χ4n) is 4.07. The van der Waals surface area contributed by atoms with Gasteiger partial charge in [0.25, 0.3) is 0 Å². The number of nitrogens with zero attached hydrogens (tertiary/aromatic N) is 2. The van der Waals surface area contributed by atoms with Gasteiger partial charge in [0.05, 0.1) is 18.6 Å². The number of Topliss-reactive ketones (excluding diaryl/α,β-unsaturated/α-hetero) is 1. The summed E-state index contributed by atoms with van der Waals surface area (Å²) >= 11 is 0. The Hall–Kier alpha value is -2.11. The summed E-state index contributed by atoms with van der Waals surface area (Å²) in [6, 6.07) is 0. The number of hydrogen-bond donors (Lipinski definition) is 1. The molecule has 6 heteroatoms. The van der Waals surface area contributed by atoms with Crippen molar-refractivity contribution < 1.29 is 19.4 Å². The number of fused-ring (bicyclic) bond motifs is 3. The Morgan fingerprint density at radius 2 is 2.16 bits per heavy atom. The van der Waals surface area contributed by atoms with Gasteiger partial charge in [-0.15, -0.1) is 0 Å². The highest BCUT2D eigenvalue weighted by Crippen LogP contribution is 2.50. The summed E-state index contributed by atoms with van der Waals surface area (Å²) in [4.78, 5) is 24.3. The van der Waals surface area contributed by atoms with E-state index in [1.165, 1.54) is 0 Å². The van der Waals surface area contributed by atoms with Crippen LogP contribution < -0.4 is 0 Å². The van der Waals surface area contributed by atoms with Crippen LogP contribution in [-0.4, -0.2) is 33.2 Å². The molecule has 6 nitrogen and oxygen atoms in total. The molecule has 0 radical (unpaired) electrons. The van der Waals surface area contributed by atoms with Crippen LogP contribution in [0, 0.1) is 5.92 Å². The number of ketones is 1. The van der Waals surface area contributed by atoms with E-state index in [1.54, 1.807) is 18.7 Å². The lowest BCUT2D eigenvalue weighted by Gasteiger charge is -2.44. The molecule has 1 N–H and O–H groups in total. The largest absolute Gasteiger partial charge is 0.515 e. The average molecular weight is 348 g/mol. The van der Waals surface area contributed by atoms with E-state index in [0.717, 1.165) is 30.4 Å². The molecule has 2 aliphatic carbocycles. The van der Waals surface area contributed by atoms with Crippen molar-refractivity contribution in [1.82, 2.24) is 9.78 Å². The summed E-state index contributed by atoms with van der Waals surface area (Å²) < 4.78 is 6.75. The number of rotatable bonds is 2. The molecule has 0 aromatic carbocycles. The maximum absolute atomic E-state index is 12.2. The van der Waals surface area contributed by atoms with Crippen molar-refractivity contribution in [2.45, 2.75) is 58.8 Å². The third-order valence-corrected chi connectivity index (χ3v) is 5.30. The molecule has 1 fully saturated rings. The second-order valence-corrected chi connectivity index (χ2v) is 6.63. The van der Waals surface area contributed by atoms with Crippen LogP contribution in [-0.2, 0) is 28.4 Å². The number of hydrogen-bond acceptors (Lipinski definition) is 5. The summed E-state index contributed by atoms with van der Waals surface area (Å²) in [7, 11) is 1.75. The number of aryl methyl sites for hydroxylation is 1. The second-order valence-electron chi connectivity index (χ2n) is 6.63. The van der Waals surface area contributed by atoms with Crippen molar-refractivity contribution in [3.05, 3.63) is 28.8 Å². The summed E-state index contributed by atoms with van der Waals surface area (Å²) in [5.41, 5.74) is 2.41. The smallest absolute Gasteiger partial charge is 0.356 e. The zero-order chi connectivity index (χ0) is 18.8. The molecule has 1 saturated carbocycles. The van der Waals surface area contributed by atoms with Gasteiger partial charge in [-0.2, -0.15) is 5.10 Å². The lowest BCUT2D eigenvalue weighted by molar-refractivity contribution is -0.119. The van der Waals surface area contributed by atoms with Crippen LogP contribution in [0.1, 0.15) is 68.7 Å². The molecular formula is C19H28N2O4. The van der Waals surface area contributed by atoms with Crippen molar-refractivity contribution in [3.63, 3.8) is 0 Å². The minimum atomic E-state index is -0.351. The molecule has 3 rings (SSSR count). The van der Waals surface area contributed by atoms with Gasteiger partial charge in [-0.25, -0.2) is 4.79 Å². The molecule has 0 aliphatic heterocycles. The lowest BCUT2D eigenvalue weighted by Crippen LogP contribution is -2.43. The first kappa shape index (κ1) is 19.2. The monoisotopic (exact) mass is 348 g/mol. The number of aliphatic hydroxyl groups excluding tert-OH is 1. The van der Waals surface area contributed by atoms with Gasteiger partial charge < -0.3 is 9.84 Å². The van der Waals surface area contributed by atoms with E-state index in [1.807, 2.05) is 13.8 Å². The molecule has 0 bridgehead atoms. The van der Waals surface area contributed by atoms with Crippen molar-refractivity contribution in [2.75, 3.05) is 6.61 Å². The lowest BCUT2D eigenvalue weighted by atomic mass is 9.59. The van der Waals surface area contributed by atoms with Gasteiger partial charge in [0.1, 0.15) is 5.69 Å². The summed E-state index contributed by atoms with van der Waals surface area (Å²) in [6.45, 7) is 8.18. The van der Waals surface area contributed by atoms with Gasteiger partial charge in [-0.1, -0.05) is 20.8 Å². The average Bonchev–Trinajstić information content (AvgIpc) is 2.94.